The summed E-state index contributed by atoms with van der Waals surface area (Å²) in [5, 5.41) is 11.1. The first-order chi connectivity index (χ1) is 23.3. The molecular weight excluding hydrogens is 646 g/mol. The molecule has 6 rings (SSSR count). The molecule has 49 heavy (non-hydrogen) atoms. The maximum absolute atomic E-state index is 14.4. The lowest BCUT2D eigenvalue weighted by atomic mass is 9.78. The van der Waals surface area contributed by atoms with Crippen molar-refractivity contribution >= 4 is 39.4 Å². The highest BCUT2D eigenvalue weighted by atomic mass is 32.2. The number of fused-ring (bicyclic) bond motifs is 3. The average molecular weight is 704 g/mol. The van der Waals surface area contributed by atoms with Crippen LogP contribution in [-0.4, -0.2) is 90.1 Å². The van der Waals surface area contributed by atoms with Gasteiger partial charge in [0.15, 0.2) is 9.84 Å². The maximum Gasteiger partial charge on any atom is 0.315 e. The monoisotopic (exact) mass is 703 g/mol. The number of ketones is 1. The summed E-state index contributed by atoms with van der Waals surface area (Å²) in [4.78, 5) is 70.1. The van der Waals surface area contributed by atoms with Crippen LogP contribution in [0.15, 0.2) is 0 Å². The van der Waals surface area contributed by atoms with Crippen LogP contribution in [0.2, 0.25) is 0 Å². The number of Topliss-reactive ketones (excluding diaryl/α,β-unsaturated/α-hetero) is 1. The lowest BCUT2D eigenvalue weighted by Crippen LogP contribution is -2.63. The molecule has 0 aromatic rings. The lowest BCUT2D eigenvalue weighted by Gasteiger charge is -2.42. The van der Waals surface area contributed by atoms with Gasteiger partial charge in [0.1, 0.15) is 12.1 Å². The Labute approximate surface area is 291 Å². The maximum atomic E-state index is 14.4. The molecule has 5 amide bonds. The highest BCUT2D eigenvalue weighted by Gasteiger charge is 2.69. The van der Waals surface area contributed by atoms with Crippen LogP contribution in [0.5, 0.6) is 0 Å². The molecule has 0 bridgehead atoms. The van der Waals surface area contributed by atoms with Gasteiger partial charge in [0.2, 0.25) is 17.6 Å². The quantitative estimate of drug-likeness (QED) is 0.308. The summed E-state index contributed by atoms with van der Waals surface area (Å²) in [6.45, 7) is 4.55. The second-order valence-corrected chi connectivity index (χ2v) is 18.8. The largest absolute Gasteiger partial charge is 0.347 e. The van der Waals surface area contributed by atoms with E-state index >= 15 is 0 Å². The van der Waals surface area contributed by atoms with Crippen molar-refractivity contribution in [1.29, 1.82) is 0 Å². The molecule has 6 atom stereocenters. The number of nitrogens with zero attached hydrogens (tertiary/aromatic N) is 1. The first-order valence-corrected chi connectivity index (χ1v) is 20.8. The van der Waals surface area contributed by atoms with Gasteiger partial charge in [-0.1, -0.05) is 78.1 Å². The molecule has 3 saturated carbocycles. The Morgan fingerprint density at radius 3 is 2.06 bits per heavy atom. The van der Waals surface area contributed by atoms with E-state index in [2.05, 4.69) is 35.1 Å². The second kappa shape index (κ2) is 14.5. The fourth-order valence-corrected chi connectivity index (χ4v) is 11.9. The molecular formula is C36H57N5O7S. The molecule has 6 aliphatic rings. The van der Waals surface area contributed by atoms with Crippen molar-refractivity contribution in [3.63, 3.8) is 0 Å². The van der Waals surface area contributed by atoms with Crippen LogP contribution in [0.3, 0.4) is 0 Å². The third kappa shape index (κ3) is 7.81. The number of hydrogen-bond acceptors (Lipinski definition) is 7. The van der Waals surface area contributed by atoms with Crippen molar-refractivity contribution in [2.24, 2.45) is 17.3 Å². The molecule has 3 heterocycles. The van der Waals surface area contributed by atoms with Gasteiger partial charge in [0.05, 0.1) is 22.6 Å². The van der Waals surface area contributed by atoms with E-state index in [1.807, 2.05) is 0 Å². The van der Waals surface area contributed by atoms with Crippen LogP contribution < -0.4 is 21.3 Å². The van der Waals surface area contributed by atoms with E-state index in [-0.39, 0.29) is 35.0 Å². The molecule has 0 aromatic heterocycles. The molecule has 0 unspecified atom stereocenters. The first kappa shape index (κ1) is 36.1. The van der Waals surface area contributed by atoms with E-state index in [0.717, 1.165) is 70.6 Å². The van der Waals surface area contributed by atoms with E-state index < -0.39 is 62.4 Å². The number of rotatable bonds is 6. The number of carbonyl (C=O) groups excluding carboxylic acids is 5. The molecule has 4 N–H and O–H groups in total. The van der Waals surface area contributed by atoms with Crippen molar-refractivity contribution in [2.45, 2.75) is 164 Å². The van der Waals surface area contributed by atoms with Crippen LogP contribution in [0.4, 0.5) is 4.79 Å². The van der Waals surface area contributed by atoms with Gasteiger partial charge in [0, 0.05) is 12.6 Å². The molecule has 3 saturated heterocycles. The van der Waals surface area contributed by atoms with E-state index in [1.54, 1.807) is 4.90 Å². The summed E-state index contributed by atoms with van der Waals surface area (Å²) in [7, 11) is -3.33. The number of sulfone groups is 1. The molecule has 274 valence electrons. The second-order valence-electron chi connectivity index (χ2n) is 16.5. The predicted octanol–water partition coefficient (Wildman–Crippen LogP) is 3.27. The zero-order valence-electron chi connectivity index (χ0n) is 29.4. The Balaban J connectivity index is 1.22. The van der Waals surface area contributed by atoms with Crippen molar-refractivity contribution in [2.75, 3.05) is 12.3 Å². The standard InChI is InChI=1S/C36H57N5O7S/c1-35(2)24-22-41-29(28(24)35)31(43)38-25(30(42)32(44)37-23-17-18-23)14-9-6-4-3-5-7-10-15-26(33(41)45)39-34(46)40-36(19-11-8-12-20-36)27-16-13-21-49(27,47)48/h23-29H,3-22H2,1-2H3,(H,37,44)(H,38,43)(H2,39,40,46)/t24-,25-,26-,27-,28-,29-/m0/s1. The fraction of sp³-hybridized carbons (Fsp3) is 0.861. The van der Waals surface area contributed by atoms with Crippen LogP contribution >= 0.6 is 0 Å². The normalized spacial score (nSPS) is 34.5. The first-order valence-electron chi connectivity index (χ1n) is 19.1. The van der Waals surface area contributed by atoms with Gasteiger partial charge in [0.25, 0.3) is 5.91 Å². The topological polar surface area (TPSA) is 171 Å². The smallest absolute Gasteiger partial charge is 0.315 e. The third-order valence-corrected chi connectivity index (χ3v) is 15.1. The molecule has 3 aliphatic heterocycles. The predicted molar refractivity (Wildman–Crippen MR) is 184 cm³/mol. The summed E-state index contributed by atoms with van der Waals surface area (Å²) in [6, 6.07) is -3.18. The van der Waals surface area contributed by atoms with Gasteiger partial charge in [-0.15, -0.1) is 0 Å². The van der Waals surface area contributed by atoms with Crippen LogP contribution in [0.1, 0.15) is 129 Å². The van der Waals surface area contributed by atoms with Gasteiger partial charge < -0.3 is 26.2 Å². The summed E-state index contributed by atoms with van der Waals surface area (Å²) >= 11 is 0. The van der Waals surface area contributed by atoms with Crippen molar-refractivity contribution < 1.29 is 32.4 Å². The number of piperidine rings is 1. The van der Waals surface area contributed by atoms with E-state index in [1.165, 1.54) is 0 Å². The highest BCUT2D eigenvalue weighted by molar-refractivity contribution is 7.92. The zero-order chi connectivity index (χ0) is 35.0. The average Bonchev–Trinajstić information content (AvgIpc) is 3.83. The summed E-state index contributed by atoms with van der Waals surface area (Å²) in [5.41, 5.74) is -1.02. The van der Waals surface area contributed by atoms with Gasteiger partial charge in [-0.3, -0.25) is 19.2 Å². The summed E-state index contributed by atoms with van der Waals surface area (Å²) in [5.74, 6) is -1.91. The minimum atomic E-state index is -3.33. The SMILES string of the molecule is CC1(C)[C@@H]2[C@H]3C(=O)N[C@H](C(=O)C(=O)NC4CC4)CCCCCCCCC[C@H](NC(=O)NC4([C@@H]5CCCS5(=O)=O)CCCCC4)C(=O)N3C[C@@H]21. The van der Waals surface area contributed by atoms with Crippen LogP contribution in [0.25, 0.3) is 0 Å². The van der Waals surface area contributed by atoms with Crippen molar-refractivity contribution in [1.82, 2.24) is 26.2 Å². The molecule has 0 spiro atoms. The Bertz CT molecular complexity index is 1410. The number of amides is 5. The van der Waals surface area contributed by atoms with Gasteiger partial charge in [-0.25, -0.2) is 13.2 Å². The van der Waals surface area contributed by atoms with E-state index in [9.17, 15) is 32.4 Å². The summed E-state index contributed by atoms with van der Waals surface area (Å²) < 4.78 is 26.2. The van der Waals surface area contributed by atoms with Crippen LogP contribution in [-0.2, 0) is 29.0 Å². The molecule has 3 aliphatic carbocycles. The molecule has 12 nitrogen and oxygen atoms in total. The number of nitrogens with one attached hydrogen (secondary N) is 4. The number of hydrogen-bond donors (Lipinski definition) is 4. The van der Waals surface area contributed by atoms with Crippen molar-refractivity contribution in [3.05, 3.63) is 0 Å². The van der Waals surface area contributed by atoms with E-state index in [0.29, 0.717) is 51.5 Å². The Kier molecular flexibility index (Phi) is 10.7. The Morgan fingerprint density at radius 2 is 1.43 bits per heavy atom. The summed E-state index contributed by atoms with van der Waals surface area (Å²) in [6.07, 6.45) is 13.6. The van der Waals surface area contributed by atoms with E-state index in [4.69, 9.17) is 0 Å². The minimum Gasteiger partial charge on any atom is -0.347 e. The third-order valence-electron chi connectivity index (χ3n) is 12.7. The Morgan fingerprint density at radius 1 is 0.796 bits per heavy atom. The molecule has 6 fully saturated rings. The number of carbonyl (C=O) groups is 5. The number of urea groups is 1. The van der Waals surface area contributed by atoms with Crippen molar-refractivity contribution in [3.8, 4) is 0 Å². The molecule has 0 aromatic carbocycles. The zero-order valence-corrected chi connectivity index (χ0v) is 30.2. The molecule has 0 radical (unpaired) electrons. The fourth-order valence-electron chi connectivity index (χ4n) is 9.56. The molecule has 13 heteroatoms. The van der Waals surface area contributed by atoms with Crippen LogP contribution in [0, 0.1) is 17.3 Å². The minimum absolute atomic E-state index is 0.0199. The lowest BCUT2D eigenvalue weighted by molar-refractivity contribution is -0.144. The van der Waals surface area contributed by atoms with Gasteiger partial charge in [-0.05, 0) is 68.6 Å². The highest BCUT2D eigenvalue weighted by Crippen LogP contribution is 2.65. The Hall–Kier alpha value is -2.70. The van der Waals surface area contributed by atoms with Gasteiger partial charge in [-0.2, -0.15) is 0 Å². The van der Waals surface area contributed by atoms with Gasteiger partial charge >= 0.3 is 6.03 Å².